The number of methoxy groups -OCH3 is 1. The predicted molar refractivity (Wildman–Crippen MR) is 109 cm³/mol. The first-order chi connectivity index (χ1) is 13.6. The Bertz CT molecular complexity index is 1070. The minimum atomic E-state index is -0.488. The summed E-state index contributed by atoms with van der Waals surface area (Å²) in [6, 6.07) is 23.0. The highest BCUT2D eigenvalue weighted by Crippen LogP contribution is 2.27. The molecule has 0 saturated heterocycles. The molecule has 0 heterocycles. The van der Waals surface area contributed by atoms with Crippen molar-refractivity contribution in [3.05, 3.63) is 94.5 Å². The molecular formula is C23H16ClNO3. The van der Waals surface area contributed by atoms with Crippen molar-refractivity contribution in [2.75, 3.05) is 7.11 Å². The summed E-state index contributed by atoms with van der Waals surface area (Å²) >= 11 is 5.90. The molecule has 0 spiro atoms. The molecular weight excluding hydrogens is 374 g/mol. The number of halogens is 1. The summed E-state index contributed by atoms with van der Waals surface area (Å²) in [5.74, 6) is 0.540. The Morgan fingerprint density at radius 2 is 1.79 bits per heavy atom. The monoisotopic (exact) mass is 389 g/mol. The van der Waals surface area contributed by atoms with Gasteiger partial charge in [-0.3, -0.25) is 0 Å². The van der Waals surface area contributed by atoms with Crippen molar-refractivity contribution in [1.29, 1.82) is 5.26 Å². The van der Waals surface area contributed by atoms with Crippen LogP contribution >= 0.6 is 11.6 Å². The van der Waals surface area contributed by atoms with Gasteiger partial charge in [0.2, 0.25) is 0 Å². The fourth-order valence-electron chi connectivity index (χ4n) is 2.62. The van der Waals surface area contributed by atoms with E-state index in [4.69, 9.17) is 21.1 Å². The SMILES string of the molecule is COc1ccccc1/C(C#N)=C\c1ccc(OC(=O)c2cccc(Cl)c2)cc1. The van der Waals surface area contributed by atoms with E-state index in [0.717, 1.165) is 5.56 Å². The van der Waals surface area contributed by atoms with Crippen LogP contribution in [0.5, 0.6) is 11.5 Å². The molecule has 0 amide bonds. The Balaban J connectivity index is 1.79. The lowest BCUT2D eigenvalue weighted by atomic mass is 10.0. The first-order valence-electron chi connectivity index (χ1n) is 8.43. The number of benzene rings is 3. The van der Waals surface area contributed by atoms with Crippen LogP contribution in [0.1, 0.15) is 21.5 Å². The lowest BCUT2D eigenvalue weighted by Crippen LogP contribution is -2.08. The second-order valence-electron chi connectivity index (χ2n) is 5.84. The quantitative estimate of drug-likeness (QED) is 0.245. The number of carbonyl (C=O) groups excluding carboxylic acids is 1. The van der Waals surface area contributed by atoms with Crippen LogP contribution in [0.15, 0.2) is 72.8 Å². The van der Waals surface area contributed by atoms with E-state index in [0.29, 0.717) is 33.2 Å². The van der Waals surface area contributed by atoms with E-state index in [1.165, 1.54) is 0 Å². The summed E-state index contributed by atoms with van der Waals surface area (Å²) in [4.78, 5) is 12.2. The molecule has 3 rings (SSSR count). The Morgan fingerprint density at radius 1 is 1.04 bits per heavy atom. The molecule has 3 aromatic rings. The number of carbonyl (C=O) groups is 1. The average molecular weight is 390 g/mol. The summed E-state index contributed by atoms with van der Waals surface area (Å²) in [6.07, 6.45) is 1.75. The fourth-order valence-corrected chi connectivity index (χ4v) is 2.81. The number of esters is 1. The van der Waals surface area contributed by atoms with E-state index < -0.39 is 5.97 Å². The maximum Gasteiger partial charge on any atom is 0.343 e. The standard InChI is InChI=1S/C23H16ClNO3/c1-27-22-8-3-2-7-21(22)18(15-25)13-16-9-11-20(12-10-16)28-23(26)17-5-4-6-19(24)14-17/h2-14H,1H3/b18-13-. The van der Waals surface area contributed by atoms with Crippen LogP contribution in [0, 0.1) is 11.3 Å². The lowest BCUT2D eigenvalue weighted by molar-refractivity contribution is 0.0734. The molecule has 3 aromatic carbocycles. The van der Waals surface area contributed by atoms with Crippen LogP contribution in [0.25, 0.3) is 11.6 Å². The summed E-state index contributed by atoms with van der Waals surface area (Å²) in [5, 5.41) is 10.00. The van der Waals surface area contributed by atoms with Crippen molar-refractivity contribution >= 4 is 29.2 Å². The number of nitriles is 1. The van der Waals surface area contributed by atoms with Crippen LogP contribution in [-0.4, -0.2) is 13.1 Å². The highest BCUT2D eigenvalue weighted by Gasteiger charge is 2.10. The van der Waals surface area contributed by atoms with Crippen molar-refractivity contribution in [2.45, 2.75) is 0 Å². The third kappa shape index (κ3) is 4.59. The summed E-state index contributed by atoms with van der Waals surface area (Å²) in [5.41, 5.74) is 2.36. The average Bonchev–Trinajstić information content (AvgIpc) is 2.73. The Hall–Kier alpha value is -3.55. The van der Waals surface area contributed by atoms with Gasteiger partial charge in [-0.15, -0.1) is 0 Å². The van der Waals surface area contributed by atoms with Crippen molar-refractivity contribution in [3.8, 4) is 17.6 Å². The van der Waals surface area contributed by atoms with Crippen molar-refractivity contribution in [2.24, 2.45) is 0 Å². The molecule has 0 atom stereocenters. The zero-order valence-corrected chi connectivity index (χ0v) is 15.8. The van der Waals surface area contributed by atoms with Gasteiger partial charge in [0.05, 0.1) is 24.3 Å². The van der Waals surface area contributed by atoms with Gasteiger partial charge in [0.1, 0.15) is 11.5 Å². The molecule has 28 heavy (non-hydrogen) atoms. The van der Waals surface area contributed by atoms with Crippen LogP contribution in [-0.2, 0) is 0 Å². The summed E-state index contributed by atoms with van der Waals surface area (Å²) < 4.78 is 10.7. The molecule has 0 aromatic heterocycles. The van der Waals surface area contributed by atoms with Crippen LogP contribution in [0.3, 0.4) is 0 Å². The number of allylic oxidation sites excluding steroid dienone is 1. The number of ether oxygens (including phenoxy) is 2. The number of hydrogen-bond acceptors (Lipinski definition) is 4. The first-order valence-corrected chi connectivity index (χ1v) is 8.81. The number of nitrogens with zero attached hydrogens (tertiary/aromatic N) is 1. The van der Waals surface area contributed by atoms with Crippen molar-refractivity contribution in [1.82, 2.24) is 0 Å². The van der Waals surface area contributed by atoms with Gasteiger partial charge in [0.15, 0.2) is 0 Å². The third-order valence-corrected chi connectivity index (χ3v) is 4.21. The van der Waals surface area contributed by atoms with Crippen molar-refractivity contribution in [3.63, 3.8) is 0 Å². The highest BCUT2D eigenvalue weighted by atomic mass is 35.5. The van der Waals surface area contributed by atoms with E-state index >= 15 is 0 Å². The van der Waals surface area contributed by atoms with E-state index in [2.05, 4.69) is 6.07 Å². The van der Waals surface area contributed by atoms with Gasteiger partial charge in [-0.1, -0.05) is 41.9 Å². The van der Waals surface area contributed by atoms with E-state index in [9.17, 15) is 10.1 Å². The van der Waals surface area contributed by atoms with Crippen molar-refractivity contribution < 1.29 is 14.3 Å². The minimum Gasteiger partial charge on any atom is -0.496 e. The second kappa shape index (κ2) is 8.90. The van der Waals surface area contributed by atoms with E-state index in [1.54, 1.807) is 67.8 Å². The molecule has 5 heteroatoms. The van der Waals surface area contributed by atoms with Gasteiger partial charge in [-0.05, 0) is 54.1 Å². The smallest absolute Gasteiger partial charge is 0.343 e. The zero-order chi connectivity index (χ0) is 19.9. The van der Waals surface area contributed by atoms with Crippen LogP contribution in [0.4, 0.5) is 0 Å². The number of hydrogen-bond donors (Lipinski definition) is 0. The molecule has 0 fully saturated rings. The Labute approximate surface area is 168 Å². The van der Waals surface area contributed by atoms with E-state index in [1.807, 2.05) is 18.2 Å². The molecule has 0 bridgehead atoms. The van der Waals surface area contributed by atoms with Gasteiger partial charge in [-0.25, -0.2) is 4.79 Å². The Kier molecular flexibility index (Phi) is 6.11. The van der Waals surface area contributed by atoms with Gasteiger partial charge < -0.3 is 9.47 Å². The maximum atomic E-state index is 12.2. The van der Waals surface area contributed by atoms with Gasteiger partial charge in [-0.2, -0.15) is 5.26 Å². The first kappa shape index (κ1) is 19.2. The van der Waals surface area contributed by atoms with Gasteiger partial charge in [0, 0.05) is 10.6 Å². The molecule has 0 N–H and O–H groups in total. The summed E-state index contributed by atoms with van der Waals surface area (Å²) in [6.45, 7) is 0. The highest BCUT2D eigenvalue weighted by molar-refractivity contribution is 6.30. The van der Waals surface area contributed by atoms with E-state index in [-0.39, 0.29) is 0 Å². The second-order valence-corrected chi connectivity index (χ2v) is 6.28. The van der Waals surface area contributed by atoms with Gasteiger partial charge in [0.25, 0.3) is 0 Å². The topological polar surface area (TPSA) is 59.3 Å². The summed E-state index contributed by atoms with van der Waals surface area (Å²) in [7, 11) is 1.57. The van der Waals surface area contributed by atoms with Crippen LogP contribution < -0.4 is 9.47 Å². The number of rotatable bonds is 5. The molecule has 0 aliphatic heterocycles. The molecule has 0 saturated carbocycles. The third-order valence-electron chi connectivity index (χ3n) is 3.98. The van der Waals surface area contributed by atoms with Gasteiger partial charge >= 0.3 is 5.97 Å². The van der Waals surface area contributed by atoms with Crippen LogP contribution in [0.2, 0.25) is 5.02 Å². The molecule has 0 unspecified atom stereocenters. The minimum absolute atomic E-state index is 0.374. The Morgan fingerprint density at radius 3 is 2.46 bits per heavy atom. The fraction of sp³-hybridized carbons (Fsp3) is 0.0435. The molecule has 4 nitrogen and oxygen atoms in total. The normalized spacial score (nSPS) is 10.8. The lowest BCUT2D eigenvalue weighted by Gasteiger charge is -2.07. The maximum absolute atomic E-state index is 12.2. The largest absolute Gasteiger partial charge is 0.496 e. The predicted octanol–water partition coefficient (Wildman–Crippen LogP) is 5.63. The zero-order valence-electron chi connectivity index (χ0n) is 15.1. The molecule has 0 aliphatic rings. The molecule has 138 valence electrons. The number of para-hydroxylation sites is 1. The molecule has 0 radical (unpaired) electrons. The molecule has 0 aliphatic carbocycles.